The Kier molecular flexibility index (Phi) is 6.69. The van der Waals surface area contributed by atoms with Gasteiger partial charge in [-0.05, 0) is 64.2 Å². The van der Waals surface area contributed by atoms with Crippen molar-refractivity contribution in [3.63, 3.8) is 0 Å². The van der Waals surface area contributed by atoms with Crippen molar-refractivity contribution in [1.29, 1.82) is 0 Å². The zero-order chi connectivity index (χ0) is 19.4. The molecule has 6 heteroatoms. The lowest BCUT2D eigenvalue weighted by Crippen LogP contribution is -2.40. The molecule has 2 aliphatic rings. The fraction of sp³-hybridized carbons (Fsp3) is 0.667. The number of anilines is 1. The first-order valence-corrected chi connectivity index (χ1v) is 10.8. The van der Waals surface area contributed by atoms with Crippen LogP contribution in [0.1, 0.15) is 52.0 Å². The van der Waals surface area contributed by atoms with E-state index in [1.165, 1.54) is 30.5 Å². The minimum Gasteiger partial charge on any atom is -0.444 e. The first kappa shape index (κ1) is 20.5. The van der Waals surface area contributed by atoms with Crippen LogP contribution in [-0.4, -0.2) is 48.8 Å². The average Bonchev–Trinajstić information content (AvgIpc) is 3.02. The van der Waals surface area contributed by atoms with Gasteiger partial charge in [-0.1, -0.05) is 22.0 Å². The van der Waals surface area contributed by atoms with Gasteiger partial charge >= 0.3 is 6.09 Å². The van der Waals surface area contributed by atoms with E-state index in [9.17, 15) is 4.79 Å². The lowest BCUT2D eigenvalue weighted by Gasteiger charge is -2.31. The predicted molar refractivity (Wildman–Crippen MR) is 113 cm³/mol. The van der Waals surface area contributed by atoms with Crippen LogP contribution in [0.25, 0.3) is 0 Å². The van der Waals surface area contributed by atoms with Crippen molar-refractivity contribution < 1.29 is 9.53 Å². The monoisotopic (exact) mass is 437 g/mol. The molecule has 0 radical (unpaired) electrons. The zero-order valence-electron chi connectivity index (χ0n) is 16.8. The van der Waals surface area contributed by atoms with Crippen LogP contribution in [-0.2, 0) is 11.3 Å². The van der Waals surface area contributed by atoms with E-state index in [1.807, 2.05) is 20.8 Å². The van der Waals surface area contributed by atoms with E-state index < -0.39 is 5.60 Å². The van der Waals surface area contributed by atoms with Crippen molar-refractivity contribution in [3.8, 4) is 0 Å². The molecule has 0 aliphatic carbocycles. The minimum atomic E-state index is -0.455. The van der Waals surface area contributed by atoms with Crippen molar-refractivity contribution in [3.05, 3.63) is 28.2 Å². The molecule has 2 saturated heterocycles. The quantitative estimate of drug-likeness (QED) is 0.750. The molecule has 0 aromatic heterocycles. The summed E-state index contributed by atoms with van der Waals surface area (Å²) in [7, 11) is 0. The fourth-order valence-electron chi connectivity index (χ4n) is 3.91. The summed E-state index contributed by atoms with van der Waals surface area (Å²) in [5.74, 6) is 0. The first-order valence-electron chi connectivity index (χ1n) is 10.1. The van der Waals surface area contributed by atoms with Crippen molar-refractivity contribution in [2.75, 3.05) is 31.1 Å². The highest BCUT2D eigenvalue weighted by Gasteiger charge is 2.27. The Morgan fingerprint density at radius 3 is 2.67 bits per heavy atom. The molecule has 27 heavy (non-hydrogen) atoms. The molecular formula is C21H32BrN3O2. The number of rotatable bonds is 4. The Balaban J connectivity index is 1.59. The van der Waals surface area contributed by atoms with Gasteiger partial charge in [-0.25, -0.2) is 4.79 Å². The summed E-state index contributed by atoms with van der Waals surface area (Å²) in [6.45, 7) is 10.8. The molecule has 1 aromatic rings. The molecule has 3 rings (SSSR count). The zero-order valence-corrected chi connectivity index (χ0v) is 18.3. The van der Waals surface area contributed by atoms with Gasteiger partial charge in [-0.2, -0.15) is 0 Å². The third-order valence-electron chi connectivity index (χ3n) is 5.13. The third-order valence-corrected chi connectivity index (χ3v) is 5.62. The van der Waals surface area contributed by atoms with E-state index >= 15 is 0 Å². The van der Waals surface area contributed by atoms with Gasteiger partial charge in [0.05, 0.1) is 0 Å². The highest BCUT2D eigenvalue weighted by molar-refractivity contribution is 9.10. The van der Waals surface area contributed by atoms with Gasteiger partial charge in [-0.15, -0.1) is 0 Å². The summed E-state index contributed by atoms with van der Waals surface area (Å²) in [4.78, 5) is 17.0. The summed E-state index contributed by atoms with van der Waals surface area (Å²) in [5, 5.41) is 3.02. The maximum atomic E-state index is 12.0. The molecule has 1 atom stereocenters. The van der Waals surface area contributed by atoms with E-state index in [0.717, 1.165) is 43.6 Å². The maximum Gasteiger partial charge on any atom is 0.407 e. The van der Waals surface area contributed by atoms with Crippen molar-refractivity contribution >= 4 is 27.7 Å². The molecule has 1 N–H and O–H groups in total. The standard InChI is InChI=1S/C21H32BrN3O2/c1-21(2,3)27-20(26)23-18-9-12-24(15-18)14-16-7-8-17(22)13-19(16)25-10-5-4-6-11-25/h7-8,13,18H,4-6,9-12,14-15H2,1-3H3,(H,23,26). The third kappa shape index (κ3) is 6.11. The van der Waals surface area contributed by atoms with Gasteiger partial charge in [0.2, 0.25) is 0 Å². The molecule has 2 aliphatic heterocycles. The van der Waals surface area contributed by atoms with Crippen molar-refractivity contribution in [2.24, 2.45) is 0 Å². The smallest absolute Gasteiger partial charge is 0.407 e. The number of benzene rings is 1. The number of carbonyl (C=O) groups is 1. The summed E-state index contributed by atoms with van der Waals surface area (Å²) >= 11 is 3.63. The molecule has 0 bridgehead atoms. The Morgan fingerprint density at radius 1 is 1.22 bits per heavy atom. The maximum absolute atomic E-state index is 12.0. The lowest BCUT2D eigenvalue weighted by molar-refractivity contribution is 0.0506. The molecule has 2 fully saturated rings. The predicted octanol–water partition coefficient (Wildman–Crippen LogP) is 4.54. The number of hydrogen-bond donors (Lipinski definition) is 1. The summed E-state index contributed by atoms with van der Waals surface area (Å²) in [5.41, 5.74) is 2.27. The highest BCUT2D eigenvalue weighted by Crippen LogP contribution is 2.29. The van der Waals surface area contributed by atoms with Gasteiger partial charge in [-0.3, -0.25) is 4.90 Å². The van der Waals surface area contributed by atoms with Crippen LogP contribution >= 0.6 is 15.9 Å². The SMILES string of the molecule is CC(C)(C)OC(=O)NC1CCN(Cc2ccc(Br)cc2N2CCCCC2)C1. The summed E-state index contributed by atoms with van der Waals surface area (Å²) in [6.07, 6.45) is 4.54. The Bertz CT molecular complexity index is 653. The molecule has 0 saturated carbocycles. The van der Waals surface area contributed by atoms with E-state index in [-0.39, 0.29) is 12.1 Å². The molecule has 1 aromatic carbocycles. The topological polar surface area (TPSA) is 44.8 Å². The van der Waals surface area contributed by atoms with Gasteiger partial charge < -0.3 is 15.0 Å². The van der Waals surface area contributed by atoms with E-state index in [1.54, 1.807) is 0 Å². The summed E-state index contributed by atoms with van der Waals surface area (Å²) < 4.78 is 6.52. The average molecular weight is 438 g/mol. The molecule has 1 unspecified atom stereocenters. The van der Waals surface area contributed by atoms with Crippen molar-refractivity contribution in [1.82, 2.24) is 10.2 Å². The second-order valence-corrected chi connectivity index (χ2v) is 9.60. The minimum absolute atomic E-state index is 0.161. The van der Waals surface area contributed by atoms with Crippen LogP contribution in [0, 0.1) is 0 Å². The number of piperidine rings is 1. The summed E-state index contributed by atoms with van der Waals surface area (Å²) in [6, 6.07) is 6.79. The second kappa shape index (κ2) is 8.82. The Morgan fingerprint density at radius 2 is 1.96 bits per heavy atom. The number of nitrogens with zero attached hydrogens (tertiary/aromatic N) is 2. The van der Waals surface area contributed by atoms with Crippen LogP contribution in [0.4, 0.5) is 10.5 Å². The van der Waals surface area contributed by atoms with Gasteiger partial charge in [0, 0.05) is 48.9 Å². The molecule has 0 spiro atoms. The van der Waals surface area contributed by atoms with E-state index in [0.29, 0.717) is 0 Å². The normalized spacial score (nSPS) is 21.3. The van der Waals surface area contributed by atoms with Crippen LogP contribution < -0.4 is 10.2 Å². The van der Waals surface area contributed by atoms with Crippen LogP contribution in [0.2, 0.25) is 0 Å². The van der Waals surface area contributed by atoms with Gasteiger partial charge in [0.25, 0.3) is 0 Å². The number of hydrogen-bond acceptors (Lipinski definition) is 4. The lowest BCUT2D eigenvalue weighted by atomic mass is 10.1. The molecule has 5 nitrogen and oxygen atoms in total. The van der Waals surface area contributed by atoms with Gasteiger partial charge in [0.15, 0.2) is 0 Å². The first-order chi connectivity index (χ1) is 12.8. The number of ether oxygens (including phenoxy) is 1. The highest BCUT2D eigenvalue weighted by atomic mass is 79.9. The fourth-order valence-corrected chi connectivity index (χ4v) is 4.26. The molecule has 2 heterocycles. The molecule has 150 valence electrons. The van der Waals surface area contributed by atoms with Gasteiger partial charge in [0.1, 0.15) is 5.60 Å². The van der Waals surface area contributed by atoms with Crippen molar-refractivity contribution in [2.45, 2.75) is 64.6 Å². The largest absolute Gasteiger partial charge is 0.444 e. The number of nitrogens with one attached hydrogen (secondary N) is 1. The Labute approximate surface area is 171 Å². The van der Waals surface area contributed by atoms with E-state index in [4.69, 9.17) is 4.74 Å². The number of carbonyl (C=O) groups excluding carboxylic acids is 1. The molecule has 1 amide bonds. The second-order valence-electron chi connectivity index (χ2n) is 8.69. The number of likely N-dealkylation sites (tertiary alicyclic amines) is 1. The number of alkyl carbamates (subject to hydrolysis) is 1. The number of amides is 1. The number of halogens is 1. The van der Waals surface area contributed by atoms with Crippen LogP contribution in [0.15, 0.2) is 22.7 Å². The van der Waals surface area contributed by atoms with E-state index in [2.05, 4.69) is 49.2 Å². The van der Waals surface area contributed by atoms with Crippen LogP contribution in [0.3, 0.4) is 0 Å². The molecular weight excluding hydrogens is 406 g/mol. The Hall–Kier alpha value is -1.27. The van der Waals surface area contributed by atoms with Crippen LogP contribution in [0.5, 0.6) is 0 Å².